The molecule has 1 aromatic carbocycles. The van der Waals surface area contributed by atoms with E-state index in [0.717, 1.165) is 24.8 Å². The molecule has 0 aromatic heterocycles. The monoisotopic (exact) mass is 300 g/mol. The minimum Gasteiger partial charge on any atom is -0.396 e. The zero-order valence-electron chi connectivity index (χ0n) is 12.2. The fourth-order valence-electron chi connectivity index (χ4n) is 1.80. The number of aliphatic hydroxyl groups excluding tert-OH is 1. The smallest absolute Gasteiger partial charge is 0.301 e. The highest BCUT2D eigenvalue weighted by molar-refractivity contribution is 7.90. The van der Waals surface area contributed by atoms with E-state index in [1.54, 1.807) is 19.2 Å². The molecular weight excluding hydrogens is 276 g/mol. The van der Waals surface area contributed by atoms with Gasteiger partial charge in [-0.2, -0.15) is 12.7 Å². The first-order valence-electron chi connectivity index (χ1n) is 6.93. The van der Waals surface area contributed by atoms with Gasteiger partial charge >= 0.3 is 10.2 Å². The summed E-state index contributed by atoms with van der Waals surface area (Å²) in [5.74, 6) is 0. The van der Waals surface area contributed by atoms with Crippen molar-refractivity contribution in [2.24, 2.45) is 0 Å². The van der Waals surface area contributed by atoms with Gasteiger partial charge in [-0.05, 0) is 37.0 Å². The maximum Gasteiger partial charge on any atom is 0.301 e. The summed E-state index contributed by atoms with van der Waals surface area (Å²) in [4.78, 5) is 0. The highest BCUT2D eigenvalue weighted by Gasteiger charge is 2.16. The lowest BCUT2D eigenvalue weighted by molar-refractivity contribution is 0.288. The maximum absolute atomic E-state index is 12.1. The molecule has 0 unspecified atom stereocenters. The Bertz CT molecular complexity index is 503. The number of aryl methyl sites for hydroxylation is 1. The van der Waals surface area contributed by atoms with E-state index in [4.69, 9.17) is 5.11 Å². The number of hydrogen-bond acceptors (Lipinski definition) is 3. The number of aliphatic hydroxyl groups is 1. The summed E-state index contributed by atoms with van der Waals surface area (Å²) in [5, 5.41) is 8.82. The summed E-state index contributed by atoms with van der Waals surface area (Å²) in [6.07, 6.45) is 3.20. The fraction of sp³-hybridized carbons (Fsp3) is 0.571. The highest BCUT2D eigenvalue weighted by Crippen LogP contribution is 2.15. The summed E-state index contributed by atoms with van der Waals surface area (Å²) >= 11 is 0. The van der Waals surface area contributed by atoms with Crippen LogP contribution in [0.4, 0.5) is 5.69 Å². The fourth-order valence-corrected chi connectivity index (χ4v) is 2.75. The molecule has 0 heterocycles. The third-order valence-corrected chi connectivity index (χ3v) is 4.53. The van der Waals surface area contributed by atoms with Crippen LogP contribution in [0.1, 0.15) is 31.7 Å². The van der Waals surface area contributed by atoms with Crippen molar-refractivity contribution < 1.29 is 13.5 Å². The molecule has 6 heteroatoms. The van der Waals surface area contributed by atoms with Gasteiger partial charge in [0, 0.05) is 20.2 Å². The zero-order chi connectivity index (χ0) is 15.0. The van der Waals surface area contributed by atoms with E-state index in [2.05, 4.69) is 4.72 Å². The quantitative estimate of drug-likeness (QED) is 0.733. The number of nitrogens with zero attached hydrogens (tertiary/aromatic N) is 1. The Kier molecular flexibility index (Phi) is 6.98. The van der Waals surface area contributed by atoms with Crippen LogP contribution in [-0.4, -0.2) is 38.0 Å². The molecule has 0 aliphatic rings. The topological polar surface area (TPSA) is 69.6 Å². The van der Waals surface area contributed by atoms with E-state index in [1.807, 2.05) is 19.1 Å². The molecule has 20 heavy (non-hydrogen) atoms. The molecule has 114 valence electrons. The van der Waals surface area contributed by atoms with Crippen LogP contribution in [0.3, 0.4) is 0 Å². The zero-order valence-corrected chi connectivity index (χ0v) is 13.0. The van der Waals surface area contributed by atoms with E-state index in [0.29, 0.717) is 18.7 Å². The Morgan fingerprint density at radius 2 is 2.05 bits per heavy atom. The number of anilines is 1. The maximum atomic E-state index is 12.1. The van der Waals surface area contributed by atoms with Gasteiger partial charge in [0.25, 0.3) is 0 Å². The third kappa shape index (κ3) is 5.48. The van der Waals surface area contributed by atoms with Gasteiger partial charge in [-0.1, -0.05) is 25.5 Å². The lowest BCUT2D eigenvalue weighted by atomic mass is 10.1. The van der Waals surface area contributed by atoms with Crippen molar-refractivity contribution in [1.29, 1.82) is 0 Å². The molecule has 0 bridgehead atoms. The van der Waals surface area contributed by atoms with Crippen LogP contribution in [0.15, 0.2) is 24.3 Å². The van der Waals surface area contributed by atoms with Crippen LogP contribution in [0, 0.1) is 0 Å². The average Bonchev–Trinajstić information content (AvgIpc) is 2.42. The molecule has 5 nitrogen and oxygen atoms in total. The Balaban J connectivity index is 2.71. The second-order valence-corrected chi connectivity index (χ2v) is 6.59. The molecular formula is C14H24N2O3S. The van der Waals surface area contributed by atoms with Crippen molar-refractivity contribution in [2.45, 2.75) is 32.6 Å². The van der Waals surface area contributed by atoms with Gasteiger partial charge in [0.15, 0.2) is 0 Å². The van der Waals surface area contributed by atoms with E-state index >= 15 is 0 Å². The van der Waals surface area contributed by atoms with Crippen LogP contribution >= 0.6 is 0 Å². The molecule has 0 fully saturated rings. The van der Waals surface area contributed by atoms with Gasteiger partial charge in [-0.25, -0.2) is 0 Å². The van der Waals surface area contributed by atoms with Crippen LogP contribution in [-0.2, 0) is 16.6 Å². The predicted octanol–water partition coefficient (Wildman–Crippen LogP) is 2.00. The molecule has 1 rings (SSSR count). The van der Waals surface area contributed by atoms with E-state index in [-0.39, 0.29) is 6.61 Å². The second kappa shape index (κ2) is 8.24. The van der Waals surface area contributed by atoms with Crippen LogP contribution in [0.25, 0.3) is 0 Å². The molecule has 0 radical (unpaired) electrons. The summed E-state index contributed by atoms with van der Waals surface area (Å²) in [5.41, 5.74) is 1.57. The van der Waals surface area contributed by atoms with Crippen LogP contribution in [0.5, 0.6) is 0 Å². The van der Waals surface area contributed by atoms with Crippen molar-refractivity contribution in [2.75, 3.05) is 24.9 Å². The molecule has 2 N–H and O–H groups in total. The van der Waals surface area contributed by atoms with Gasteiger partial charge in [0.05, 0.1) is 5.69 Å². The largest absolute Gasteiger partial charge is 0.396 e. The number of rotatable bonds is 9. The summed E-state index contributed by atoms with van der Waals surface area (Å²) < 4.78 is 28.1. The van der Waals surface area contributed by atoms with Crippen LogP contribution in [0.2, 0.25) is 0 Å². The van der Waals surface area contributed by atoms with Crippen molar-refractivity contribution >= 4 is 15.9 Å². The Hall–Kier alpha value is -1.11. The second-order valence-electron chi connectivity index (χ2n) is 4.81. The Morgan fingerprint density at radius 3 is 2.70 bits per heavy atom. The molecule has 0 spiro atoms. The van der Waals surface area contributed by atoms with Gasteiger partial charge in [-0.3, -0.25) is 4.72 Å². The molecule has 0 atom stereocenters. The van der Waals surface area contributed by atoms with Gasteiger partial charge in [0.2, 0.25) is 0 Å². The highest BCUT2D eigenvalue weighted by atomic mass is 32.2. The molecule has 0 saturated heterocycles. The predicted molar refractivity (Wildman–Crippen MR) is 81.9 cm³/mol. The summed E-state index contributed by atoms with van der Waals surface area (Å²) in [7, 11) is -1.91. The number of nitrogens with one attached hydrogen (secondary N) is 1. The van der Waals surface area contributed by atoms with E-state index in [9.17, 15) is 8.42 Å². The van der Waals surface area contributed by atoms with Crippen molar-refractivity contribution in [1.82, 2.24) is 4.31 Å². The first-order valence-corrected chi connectivity index (χ1v) is 8.37. The summed E-state index contributed by atoms with van der Waals surface area (Å²) in [6, 6.07) is 7.28. The Morgan fingerprint density at radius 1 is 1.30 bits per heavy atom. The standard InChI is InChI=1S/C14H24N2O3S/c1-3-4-10-16(2)20(18,19)15-14-9-5-7-13(12-14)8-6-11-17/h5,7,9,12,15,17H,3-4,6,8,10-11H2,1-2H3. The molecule has 0 amide bonds. The number of benzene rings is 1. The third-order valence-electron chi connectivity index (χ3n) is 3.03. The Labute approximate surface area is 121 Å². The van der Waals surface area contributed by atoms with E-state index in [1.165, 1.54) is 4.31 Å². The molecule has 0 aliphatic carbocycles. The lowest BCUT2D eigenvalue weighted by Gasteiger charge is -2.18. The van der Waals surface area contributed by atoms with Gasteiger partial charge < -0.3 is 5.11 Å². The first kappa shape index (κ1) is 16.9. The lowest BCUT2D eigenvalue weighted by Crippen LogP contribution is -2.33. The molecule has 1 aromatic rings. The van der Waals surface area contributed by atoms with Gasteiger partial charge in [-0.15, -0.1) is 0 Å². The van der Waals surface area contributed by atoms with Crippen molar-refractivity contribution in [3.8, 4) is 0 Å². The minimum atomic E-state index is -3.49. The normalized spacial score (nSPS) is 11.8. The summed E-state index contributed by atoms with van der Waals surface area (Å²) in [6.45, 7) is 2.67. The van der Waals surface area contributed by atoms with Crippen molar-refractivity contribution in [3.05, 3.63) is 29.8 Å². The number of hydrogen-bond donors (Lipinski definition) is 2. The molecule has 0 saturated carbocycles. The number of unbranched alkanes of at least 4 members (excludes halogenated alkanes) is 1. The van der Waals surface area contributed by atoms with E-state index < -0.39 is 10.2 Å². The van der Waals surface area contributed by atoms with Crippen LogP contribution < -0.4 is 4.72 Å². The van der Waals surface area contributed by atoms with Crippen molar-refractivity contribution in [3.63, 3.8) is 0 Å². The minimum absolute atomic E-state index is 0.135. The SMILES string of the molecule is CCCCN(C)S(=O)(=O)Nc1cccc(CCCO)c1. The average molecular weight is 300 g/mol. The van der Waals surface area contributed by atoms with Gasteiger partial charge in [0.1, 0.15) is 0 Å². The first-order chi connectivity index (χ1) is 9.49. The molecule has 0 aliphatic heterocycles.